The van der Waals surface area contributed by atoms with E-state index in [-0.39, 0.29) is 24.0 Å². The summed E-state index contributed by atoms with van der Waals surface area (Å²) in [6.45, 7) is 2.40. The quantitative estimate of drug-likeness (QED) is 0.493. The number of hydrogen-bond donors (Lipinski definition) is 1. The number of nitrogens with one attached hydrogen (secondary N) is 1. The molecule has 0 aliphatic heterocycles. The van der Waals surface area contributed by atoms with Gasteiger partial charge in [0.05, 0.1) is 17.1 Å². The lowest BCUT2D eigenvalue weighted by Crippen LogP contribution is -2.30. The van der Waals surface area contributed by atoms with Gasteiger partial charge in [-0.05, 0) is 67.6 Å². The fourth-order valence-corrected chi connectivity index (χ4v) is 5.86. The number of amides is 2. The minimum absolute atomic E-state index is 0.122. The maximum absolute atomic E-state index is 12.8. The van der Waals surface area contributed by atoms with Gasteiger partial charge in [-0.2, -0.15) is 0 Å². The molecule has 9 heteroatoms. The molecule has 3 aromatic rings. The predicted octanol–water partition coefficient (Wildman–Crippen LogP) is 4.17. The van der Waals surface area contributed by atoms with Gasteiger partial charge in [-0.3, -0.25) is 14.5 Å². The Labute approximate surface area is 197 Å². The lowest BCUT2D eigenvalue weighted by atomic mass is 10.1. The van der Waals surface area contributed by atoms with Crippen molar-refractivity contribution in [3.05, 3.63) is 71.2 Å². The molecule has 2 amide bonds. The maximum Gasteiger partial charge on any atom is 0.260 e. The molecule has 0 spiro atoms. The molecule has 1 aromatic heterocycles. The van der Waals surface area contributed by atoms with Crippen molar-refractivity contribution in [1.82, 2.24) is 4.98 Å². The first-order valence-electron chi connectivity index (χ1n) is 10.8. The predicted molar refractivity (Wildman–Crippen MR) is 129 cm³/mol. The Morgan fingerprint density at radius 1 is 1.09 bits per heavy atom. The molecule has 2 aromatic carbocycles. The summed E-state index contributed by atoms with van der Waals surface area (Å²) in [5, 5.41) is 5.28. The Morgan fingerprint density at radius 3 is 2.36 bits per heavy atom. The van der Waals surface area contributed by atoms with Crippen LogP contribution in [0.3, 0.4) is 0 Å². The molecule has 1 saturated carbocycles. The summed E-state index contributed by atoms with van der Waals surface area (Å²) in [5.41, 5.74) is 1.82. The second kappa shape index (κ2) is 9.84. The van der Waals surface area contributed by atoms with Crippen molar-refractivity contribution >= 4 is 43.8 Å². The first-order valence-corrected chi connectivity index (χ1v) is 13.3. The summed E-state index contributed by atoms with van der Waals surface area (Å²) >= 11 is 1.40. The van der Waals surface area contributed by atoms with Gasteiger partial charge in [0.25, 0.3) is 5.91 Å². The minimum atomic E-state index is -3.26. The highest BCUT2D eigenvalue weighted by atomic mass is 32.2. The smallest absolute Gasteiger partial charge is 0.260 e. The van der Waals surface area contributed by atoms with Gasteiger partial charge in [-0.15, -0.1) is 11.3 Å². The van der Waals surface area contributed by atoms with E-state index in [1.807, 2.05) is 12.3 Å². The maximum atomic E-state index is 12.8. The van der Waals surface area contributed by atoms with Gasteiger partial charge >= 0.3 is 0 Å². The van der Waals surface area contributed by atoms with Gasteiger partial charge < -0.3 is 5.32 Å². The van der Waals surface area contributed by atoms with E-state index < -0.39 is 9.84 Å². The third kappa shape index (κ3) is 5.85. The molecule has 0 radical (unpaired) electrons. The summed E-state index contributed by atoms with van der Waals surface area (Å²) in [6.07, 6.45) is 3.75. The number of anilines is 2. The zero-order valence-electron chi connectivity index (χ0n) is 18.2. The Balaban J connectivity index is 1.34. The number of sulfone groups is 1. The molecule has 4 rings (SSSR count). The first-order chi connectivity index (χ1) is 15.9. The molecule has 0 atom stereocenters. The van der Waals surface area contributed by atoms with Crippen molar-refractivity contribution in [3.8, 4) is 0 Å². The number of hydrogen-bond acceptors (Lipinski definition) is 6. The second-order valence-corrected chi connectivity index (χ2v) is 10.9. The Bertz CT molecular complexity index is 1220. The monoisotopic (exact) mass is 483 g/mol. The molecule has 0 unspecified atom stereocenters. The summed E-state index contributed by atoms with van der Waals surface area (Å²) in [7, 11) is -3.26. The number of carbonyl (C=O) groups excluding carboxylic acids is 2. The van der Waals surface area contributed by atoms with E-state index in [0.29, 0.717) is 33.7 Å². The molecule has 0 saturated heterocycles. The molecule has 172 valence electrons. The van der Waals surface area contributed by atoms with Crippen LogP contribution in [0.25, 0.3) is 0 Å². The summed E-state index contributed by atoms with van der Waals surface area (Å²) in [6, 6.07) is 13.2. The fourth-order valence-electron chi connectivity index (χ4n) is 3.46. The summed E-state index contributed by atoms with van der Waals surface area (Å²) < 4.78 is 24.7. The standard InChI is InChI=1S/C24H25N3O4S2/c1-2-27(24-25-13-14-32-24)23(29)19-7-9-20(10-8-19)26-22(28)15-17-5-11-21(12-6-17)33(30,31)16-18-3-4-18/h5-14,18H,2-4,15-16H2,1H3,(H,26,28). The fraction of sp³-hybridized carbons (Fsp3) is 0.292. The molecule has 1 fully saturated rings. The van der Waals surface area contributed by atoms with Crippen molar-refractivity contribution in [2.45, 2.75) is 31.1 Å². The van der Waals surface area contributed by atoms with Gasteiger partial charge in [0.1, 0.15) is 0 Å². The summed E-state index contributed by atoms with van der Waals surface area (Å²) in [5.74, 6) is 0.118. The lowest BCUT2D eigenvalue weighted by molar-refractivity contribution is -0.115. The zero-order valence-corrected chi connectivity index (χ0v) is 19.9. The highest BCUT2D eigenvalue weighted by Crippen LogP contribution is 2.32. The van der Waals surface area contributed by atoms with E-state index >= 15 is 0 Å². The number of aromatic nitrogens is 1. The summed E-state index contributed by atoms with van der Waals surface area (Å²) in [4.78, 5) is 31.3. The molecule has 1 N–H and O–H groups in total. The highest BCUT2D eigenvalue weighted by molar-refractivity contribution is 7.91. The second-order valence-electron chi connectivity index (χ2n) is 8.04. The normalized spacial score (nSPS) is 13.5. The first kappa shape index (κ1) is 23.1. The average Bonchev–Trinajstić information content (AvgIpc) is 3.43. The Morgan fingerprint density at radius 2 is 1.79 bits per heavy atom. The van der Waals surface area contributed by atoms with Gasteiger partial charge in [0.2, 0.25) is 5.91 Å². The molecule has 0 bridgehead atoms. The molecule has 33 heavy (non-hydrogen) atoms. The minimum Gasteiger partial charge on any atom is -0.326 e. The highest BCUT2D eigenvalue weighted by Gasteiger charge is 2.29. The van der Waals surface area contributed by atoms with Crippen molar-refractivity contribution < 1.29 is 18.0 Å². The van der Waals surface area contributed by atoms with Crippen LogP contribution >= 0.6 is 11.3 Å². The SMILES string of the molecule is CCN(C(=O)c1ccc(NC(=O)Cc2ccc(S(=O)(=O)CC3CC3)cc2)cc1)c1nccs1. The number of rotatable bonds is 9. The molecule has 7 nitrogen and oxygen atoms in total. The molecular weight excluding hydrogens is 458 g/mol. The van der Waals surface area contributed by atoms with E-state index in [1.165, 1.54) is 11.3 Å². The van der Waals surface area contributed by atoms with E-state index in [0.717, 1.165) is 18.4 Å². The van der Waals surface area contributed by atoms with E-state index in [4.69, 9.17) is 0 Å². The molecule has 1 aliphatic carbocycles. The molecule has 1 aliphatic rings. The lowest BCUT2D eigenvalue weighted by Gasteiger charge is -2.17. The van der Waals surface area contributed by atoms with Crippen LogP contribution in [0.2, 0.25) is 0 Å². The van der Waals surface area contributed by atoms with Gasteiger partial charge in [-0.25, -0.2) is 13.4 Å². The number of benzene rings is 2. The van der Waals surface area contributed by atoms with Gasteiger partial charge in [0, 0.05) is 29.4 Å². The van der Waals surface area contributed by atoms with Crippen LogP contribution in [0.4, 0.5) is 10.8 Å². The zero-order chi connectivity index (χ0) is 23.4. The van der Waals surface area contributed by atoms with Crippen molar-refractivity contribution in [3.63, 3.8) is 0 Å². The Hall–Kier alpha value is -3.04. The van der Waals surface area contributed by atoms with Gasteiger partial charge in [-0.1, -0.05) is 12.1 Å². The number of nitrogens with zero attached hydrogens (tertiary/aromatic N) is 2. The largest absolute Gasteiger partial charge is 0.326 e. The average molecular weight is 484 g/mol. The van der Waals surface area contributed by atoms with Crippen LogP contribution in [0.1, 0.15) is 35.7 Å². The third-order valence-corrected chi connectivity index (χ3v) is 8.12. The van der Waals surface area contributed by atoms with E-state index in [2.05, 4.69) is 10.3 Å². The number of thiazole rings is 1. The van der Waals surface area contributed by atoms with E-state index in [1.54, 1.807) is 59.6 Å². The van der Waals surface area contributed by atoms with Crippen LogP contribution in [-0.4, -0.2) is 37.5 Å². The van der Waals surface area contributed by atoms with Crippen LogP contribution in [0.15, 0.2) is 65.0 Å². The van der Waals surface area contributed by atoms with Gasteiger partial charge in [0.15, 0.2) is 15.0 Å². The van der Waals surface area contributed by atoms with Crippen molar-refractivity contribution in [2.24, 2.45) is 5.92 Å². The van der Waals surface area contributed by atoms with Crippen molar-refractivity contribution in [1.29, 1.82) is 0 Å². The van der Waals surface area contributed by atoms with Crippen molar-refractivity contribution in [2.75, 3.05) is 22.5 Å². The number of carbonyl (C=O) groups is 2. The molecular formula is C24H25N3O4S2. The van der Waals surface area contributed by atoms with Crippen LogP contribution in [0, 0.1) is 5.92 Å². The topological polar surface area (TPSA) is 96.4 Å². The van der Waals surface area contributed by atoms with Crippen LogP contribution < -0.4 is 10.2 Å². The molecule has 1 heterocycles. The Kier molecular flexibility index (Phi) is 6.90. The third-order valence-electron chi connectivity index (χ3n) is 5.43. The van der Waals surface area contributed by atoms with E-state index in [9.17, 15) is 18.0 Å². The van der Waals surface area contributed by atoms with Crippen LogP contribution in [-0.2, 0) is 21.1 Å². The van der Waals surface area contributed by atoms with Crippen LogP contribution in [0.5, 0.6) is 0 Å².